The molecule has 138 valence electrons. The van der Waals surface area contributed by atoms with E-state index in [0.717, 1.165) is 20.8 Å². The molecule has 2 aromatic rings. The van der Waals surface area contributed by atoms with Crippen molar-refractivity contribution in [3.63, 3.8) is 0 Å². The van der Waals surface area contributed by atoms with Crippen molar-refractivity contribution in [1.82, 2.24) is 9.13 Å². The number of benzene rings is 1. The molecule has 0 saturated carbocycles. The van der Waals surface area contributed by atoms with Gasteiger partial charge in [0.15, 0.2) is 13.2 Å². The molecule has 0 saturated heterocycles. The van der Waals surface area contributed by atoms with Crippen LogP contribution in [0.3, 0.4) is 0 Å². The lowest BCUT2D eigenvalue weighted by Gasteiger charge is -2.11. The summed E-state index contributed by atoms with van der Waals surface area (Å²) in [5.41, 5.74) is -0.168. The van der Waals surface area contributed by atoms with Gasteiger partial charge in [-0.3, -0.25) is 18.7 Å². The smallest absolute Gasteiger partial charge is 0.344 e. The van der Waals surface area contributed by atoms with Crippen LogP contribution in [0.1, 0.15) is 5.56 Å². The van der Waals surface area contributed by atoms with Gasteiger partial charge < -0.3 is 14.8 Å². The second-order valence-corrected chi connectivity index (χ2v) is 5.58. The number of carbonyl (C=O) groups is 2. The molecule has 0 aliphatic heterocycles. The summed E-state index contributed by atoms with van der Waals surface area (Å²) in [7, 11) is 2.73. The fourth-order valence-electron chi connectivity index (χ4n) is 2.07. The van der Waals surface area contributed by atoms with Gasteiger partial charge in [-0.2, -0.15) is 0 Å². The van der Waals surface area contributed by atoms with Gasteiger partial charge in [0.2, 0.25) is 0 Å². The molecule has 0 fully saturated rings. The number of hydrogen-bond donors (Lipinski definition) is 1. The van der Waals surface area contributed by atoms with E-state index in [0.29, 0.717) is 5.75 Å². The minimum Gasteiger partial charge on any atom is -0.482 e. The van der Waals surface area contributed by atoms with E-state index >= 15 is 0 Å². The van der Waals surface area contributed by atoms with Crippen LogP contribution >= 0.6 is 0 Å². The van der Waals surface area contributed by atoms with Crippen molar-refractivity contribution in [3.05, 3.63) is 56.7 Å². The predicted molar refractivity (Wildman–Crippen MR) is 93.2 cm³/mol. The molecule has 0 unspecified atom stereocenters. The topological polar surface area (TPSA) is 109 Å². The molecular formula is C17H19N3O6. The summed E-state index contributed by atoms with van der Waals surface area (Å²) in [6.45, 7) is 0.972. The first-order valence-corrected chi connectivity index (χ1v) is 7.70. The third-order valence-electron chi connectivity index (χ3n) is 3.50. The van der Waals surface area contributed by atoms with Crippen molar-refractivity contribution in [1.29, 1.82) is 0 Å². The second-order valence-electron chi connectivity index (χ2n) is 5.58. The Morgan fingerprint density at radius 1 is 1.08 bits per heavy atom. The second kappa shape index (κ2) is 8.15. The quantitative estimate of drug-likeness (QED) is 0.723. The SMILES string of the molecule is Cc1cccc(OCC(=O)OCC(=O)Nc2cc(=O)n(C)c(=O)n2C)c1. The van der Waals surface area contributed by atoms with E-state index in [-0.39, 0.29) is 12.4 Å². The third kappa shape index (κ3) is 4.82. The standard InChI is InChI=1S/C17H19N3O6/c1-11-5-4-6-12(7-11)25-10-16(23)26-9-14(21)18-13-8-15(22)20(3)17(24)19(13)2/h4-8H,9-10H2,1-3H3,(H,18,21). The summed E-state index contributed by atoms with van der Waals surface area (Å²) >= 11 is 0. The molecule has 0 bridgehead atoms. The summed E-state index contributed by atoms with van der Waals surface area (Å²) in [5.74, 6) is -0.881. The number of anilines is 1. The lowest BCUT2D eigenvalue weighted by Crippen LogP contribution is -2.38. The van der Waals surface area contributed by atoms with Crippen molar-refractivity contribution in [2.75, 3.05) is 18.5 Å². The fourth-order valence-corrected chi connectivity index (χ4v) is 2.07. The minimum atomic E-state index is -0.723. The zero-order valence-electron chi connectivity index (χ0n) is 14.6. The molecular weight excluding hydrogens is 342 g/mol. The molecule has 1 heterocycles. The molecule has 0 aliphatic carbocycles. The van der Waals surface area contributed by atoms with E-state index in [1.165, 1.54) is 14.1 Å². The monoisotopic (exact) mass is 361 g/mol. The number of esters is 1. The Balaban J connectivity index is 1.86. The predicted octanol–water partition coefficient (Wildman–Crippen LogP) is -0.0469. The van der Waals surface area contributed by atoms with Crippen LogP contribution in [0.5, 0.6) is 5.75 Å². The highest BCUT2D eigenvalue weighted by Crippen LogP contribution is 2.12. The van der Waals surface area contributed by atoms with E-state index in [4.69, 9.17) is 9.47 Å². The van der Waals surface area contributed by atoms with E-state index in [9.17, 15) is 19.2 Å². The van der Waals surface area contributed by atoms with Crippen LogP contribution < -0.4 is 21.3 Å². The molecule has 26 heavy (non-hydrogen) atoms. The highest BCUT2D eigenvalue weighted by molar-refractivity contribution is 5.92. The van der Waals surface area contributed by atoms with Crippen LogP contribution in [0, 0.1) is 6.92 Å². The molecule has 0 spiro atoms. The number of ether oxygens (including phenoxy) is 2. The highest BCUT2D eigenvalue weighted by atomic mass is 16.6. The molecule has 1 aromatic carbocycles. The van der Waals surface area contributed by atoms with E-state index in [1.807, 2.05) is 13.0 Å². The van der Waals surface area contributed by atoms with Crippen molar-refractivity contribution in [3.8, 4) is 5.75 Å². The van der Waals surface area contributed by atoms with Crippen LogP contribution in [0.2, 0.25) is 0 Å². The molecule has 0 aliphatic rings. The van der Waals surface area contributed by atoms with Gasteiger partial charge in [0.1, 0.15) is 11.6 Å². The van der Waals surface area contributed by atoms with Crippen LogP contribution in [-0.4, -0.2) is 34.2 Å². The number of carbonyl (C=O) groups excluding carboxylic acids is 2. The fraction of sp³-hybridized carbons (Fsp3) is 0.294. The average Bonchev–Trinajstić information content (AvgIpc) is 2.61. The van der Waals surface area contributed by atoms with Crippen molar-refractivity contribution in [2.45, 2.75) is 6.92 Å². The maximum absolute atomic E-state index is 11.8. The number of aryl methyl sites for hydroxylation is 1. The molecule has 1 N–H and O–H groups in total. The normalized spacial score (nSPS) is 10.3. The molecule has 0 radical (unpaired) electrons. The molecule has 1 amide bonds. The van der Waals surface area contributed by atoms with Gasteiger partial charge in [-0.1, -0.05) is 12.1 Å². The Morgan fingerprint density at radius 3 is 2.50 bits per heavy atom. The van der Waals surface area contributed by atoms with Crippen molar-refractivity contribution in [2.24, 2.45) is 14.1 Å². The summed E-state index contributed by atoms with van der Waals surface area (Å²) in [6, 6.07) is 8.24. The van der Waals surface area contributed by atoms with Crippen LogP contribution in [0.15, 0.2) is 39.9 Å². The first-order valence-electron chi connectivity index (χ1n) is 7.70. The van der Waals surface area contributed by atoms with Crippen molar-refractivity contribution >= 4 is 17.7 Å². The number of nitrogens with one attached hydrogen (secondary N) is 1. The maximum Gasteiger partial charge on any atom is 0.344 e. The first-order chi connectivity index (χ1) is 12.3. The highest BCUT2D eigenvalue weighted by Gasteiger charge is 2.12. The van der Waals surface area contributed by atoms with Gasteiger partial charge in [-0.25, -0.2) is 9.59 Å². The largest absolute Gasteiger partial charge is 0.482 e. The Morgan fingerprint density at radius 2 is 1.81 bits per heavy atom. The van der Waals surface area contributed by atoms with Crippen LogP contribution in [0.25, 0.3) is 0 Å². The van der Waals surface area contributed by atoms with E-state index < -0.39 is 29.7 Å². The number of rotatable bonds is 6. The molecule has 9 heteroatoms. The Bertz CT molecular complexity index is 944. The summed E-state index contributed by atoms with van der Waals surface area (Å²) in [4.78, 5) is 46.9. The number of hydrogen-bond acceptors (Lipinski definition) is 6. The number of amides is 1. The van der Waals surface area contributed by atoms with Crippen molar-refractivity contribution < 1.29 is 19.1 Å². The summed E-state index contributed by atoms with van der Waals surface area (Å²) < 4.78 is 12.1. The Hall–Kier alpha value is -3.36. The van der Waals surface area contributed by atoms with Gasteiger partial charge in [0, 0.05) is 20.2 Å². The van der Waals surface area contributed by atoms with Gasteiger partial charge in [0.25, 0.3) is 11.5 Å². The van der Waals surface area contributed by atoms with E-state index in [1.54, 1.807) is 18.2 Å². The van der Waals surface area contributed by atoms with Crippen LogP contribution in [-0.2, 0) is 28.4 Å². The average molecular weight is 361 g/mol. The summed E-state index contributed by atoms with van der Waals surface area (Å²) in [5, 5.41) is 2.35. The zero-order chi connectivity index (χ0) is 19.3. The third-order valence-corrected chi connectivity index (χ3v) is 3.50. The molecule has 2 rings (SSSR count). The minimum absolute atomic E-state index is 0.00941. The first kappa shape index (κ1) is 19.0. The molecule has 1 aromatic heterocycles. The molecule has 0 atom stereocenters. The maximum atomic E-state index is 11.8. The lowest BCUT2D eigenvalue weighted by molar-refractivity contribution is -0.149. The Kier molecular flexibility index (Phi) is 5.94. The van der Waals surface area contributed by atoms with Gasteiger partial charge in [0.05, 0.1) is 0 Å². The van der Waals surface area contributed by atoms with Gasteiger partial charge >= 0.3 is 11.7 Å². The van der Waals surface area contributed by atoms with Gasteiger partial charge in [-0.15, -0.1) is 0 Å². The Labute approximate surface area is 148 Å². The molecule has 9 nitrogen and oxygen atoms in total. The van der Waals surface area contributed by atoms with Gasteiger partial charge in [-0.05, 0) is 24.6 Å². The number of nitrogens with zero attached hydrogens (tertiary/aromatic N) is 2. The number of aromatic nitrogens is 2. The van der Waals surface area contributed by atoms with E-state index in [2.05, 4.69) is 5.32 Å². The van der Waals surface area contributed by atoms with Crippen LogP contribution in [0.4, 0.5) is 5.82 Å². The summed E-state index contributed by atoms with van der Waals surface area (Å²) in [6.07, 6.45) is 0. The zero-order valence-corrected chi connectivity index (χ0v) is 14.6. The lowest BCUT2D eigenvalue weighted by atomic mass is 10.2.